The first-order valence-corrected chi connectivity index (χ1v) is 7.55. The second-order valence-electron chi connectivity index (χ2n) is 5.36. The van der Waals surface area contributed by atoms with E-state index in [2.05, 4.69) is 4.98 Å². The average molecular weight is 311 g/mol. The number of pyridine rings is 1. The Morgan fingerprint density at radius 3 is 2.90 bits per heavy atom. The van der Waals surface area contributed by atoms with Crippen molar-refractivity contribution in [1.82, 2.24) is 9.88 Å². The minimum absolute atomic E-state index is 0.0492. The number of nitrogens with zero attached hydrogens (tertiary/aromatic N) is 2. The van der Waals surface area contributed by atoms with Gasteiger partial charge in [0.2, 0.25) is 0 Å². The number of likely N-dealkylation sites (tertiary alicyclic amines) is 1. The van der Waals surface area contributed by atoms with E-state index in [4.69, 9.17) is 16.7 Å². The summed E-state index contributed by atoms with van der Waals surface area (Å²) in [6.45, 7) is 3.25. The average Bonchev–Trinajstić information content (AvgIpc) is 2.92. The fourth-order valence-electron chi connectivity index (χ4n) is 2.62. The minimum atomic E-state index is -0.784. The highest BCUT2D eigenvalue weighted by atomic mass is 35.5. The van der Waals surface area contributed by atoms with E-state index in [0.29, 0.717) is 30.2 Å². The van der Waals surface area contributed by atoms with Crippen molar-refractivity contribution in [2.75, 3.05) is 13.1 Å². The molecule has 1 aromatic heterocycles. The summed E-state index contributed by atoms with van der Waals surface area (Å²) < 4.78 is 0. The Labute approximate surface area is 128 Å². The third-order valence-corrected chi connectivity index (χ3v) is 3.99. The third-order valence-electron chi connectivity index (χ3n) is 3.80. The SMILES string of the molecule is CCc1cc(C(=O)N2CCC(CCC(=O)O)C2)cc(Cl)n1. The number of aromatic nitrogens is 1. The van der Waals surface area contributed by atoms with Crippen molar-refractivity contribution < 1.29 is 14.7 Å². The van der Waals surface area contributed by atoms with Gasteiger partial charge in [-0.05, 0) is 37.3 Å². The monoisotopic (exact) mass is 310 g/mol. The molecule has 1 aliphatic heterocycles. The molecule has 1 saturated heterocycles. The van der Waals surface area contributed by atoms with Crippen LogP contribution in [0.25, 0.3) is 0 Å². The van der Waals surface area contributed by atoms with Crippen molar-refractivity contribution in [3.63, 3.8) is 0 Å². The van der Waals surface area contributed by atoms with Crippen LogP contribution in [0.2, 0.25) is 5.15 Å². The van der Waals surface area contributed by atoms with E-state index in [1.807, 2.05) is 6.92 Å². The Hall–Kier alpha value is -1.62. The third kappa shape index (κ3) is 4.17. The molecule has 1 N–H and O–H groups in total. The van der Waals surface area contributed by atoms with E-state index in [1.165, 1.54) is 0 Å². The summed E-state index contributed by atoms with van der Waals surface area (Å²) in [4.78, 5) is 29.0. The zero-order valence-electron chi connectivity index (χ0n) is 12.0. The highest BCUT2D eigenvalue weighted by Gasteiger charge is 2.27. The number of hydrogen-bond acceptors (Lipinski definition) is 3. The number of halogens is 1. The molecular weight excluding hydrogens is 292 g/mol. The Morgan fingerprint density at radius 1 is 1.48 bits per heavy atom. The number of carboxylic acids is 1. The molecule has 1 fully saturated rings. The molecule has 0 radical (unpaired) electrons. The zero-order chi connectivity index (χ0) is 15.4. The number of carboxylic acid groups (broad SMARTS) is 1. The lowest BCUT2D eigenvalue weighted by atomic mass is 10.0. The Morgan fingerprint density at radius 2 is 2.24 bits per heavy atom. The number of carbonyl (C=O) groups excluding carboxylic acids is 1. The van der Waals surface area contributed by atoms with Gasteiger partial charge in [0.25, 0.3) is 5.91 Å². The van der Waals surface area contributed by atoms with Gasteiger partial charge in [-0.1, -0.05) is 18.5 Å². The lowest BCUT2D eigenvalue weighted by Gasteiger charge is -2.17. The van der Waals surface area contributed by atoms with Crippen LogP contribution in [0.3, 0.4) is 0 Å². The van der Waals surface area contributed by atoms with Gasteiger partial charge in [-0.25, -0.2) is 4.98 Å². The summed E-state index contributed by atoms with van der Waals surface area (Å²) in [5.41, 5.74) is 1.36. The van der Waals surface area contributed by atoms with Crippen LogP contribution < -0.4 is 0 Å². The van der Waals surface area contributed by atoms with E-state index >= 15 is 0 Å². The highest BCUT2D eigenvalue weighted by Crippen LogP contribution is 2.23. The molecule has 2 heterocycles. The summed E-state index contributed by atoms with van der Waals surface area (Å²) in [6.07, 6.45) is 2.37. The molecule has 1 aliphatic rings. The standard InChI is InChI=1S/C15H19ClN2O3/c1-2-12-7-11(8-13(16)17-12)15(21)18-6-5-10(9-18)3-4-14(19)20/h7-8,10H,2-6,9H2,1H3,(H,19,20). The molecule has 2 rings (SSSR count). The van der Waals surface area contributed by atoms with Crippen LogP contribution in [0.15, 0.2) is 12.1 Å². The van der Waals surface area contributed by atoms with Crippen molar-refractivity contribution in [2.45, 2.75) is 32.6 Å². The van der Waals surface area contributed by atoms with Gasteiger partial charge in [0.15, 0.2) is 0 Å². The molecule has 1 unspecified atom stereocenters. The molecule has 114 valence electrons. The molecule has 1 atom stereocenters. The van der Waals surface area contributed by atoms with Crippen molar-refractivity contribution in [3.05, 3.63) is 28.5 Å². The molecule has 0 saturated carbocycles. The molecule has 0 bridgehead atoms. The Balaban J connectivity index is 2.01. The maximum atomic E-state index is 12.5. The van der Waals surface area contributed by atoms with Crippen molar-refractivity contribution in [1.29, 1.82) is 0 Å². The van der Waals surface area contributed by atoms with E-state index in [1.54, 1.807) is 17.0 Å². The van der Waals surface area contributed by atoms with E-state index in [-0.39, 0.29) is 18.2 Å². The van der Waals surface area contributed by atoms with Crippen LogP contribution in [0.4, 0.5) is 0 Å². The number of aliphatic carboxylic acids is 1. The van der Waals surface area contributed by atoms with Crippen LogP contribution in [0.5, 0.6) is 0 Å². The quantitative estimate of drug-likeness (QED) is 0.849. The maximum absolute atomic E-state index is 12.5. The minimum Gasteiger partial charge on any atom is -0.481 e. The normalized spacial score (nSPS) is 18.0. The second-order valence-corrected chi connectivity index (χ2v) is 5.75. The van der Waals surface area contributed by atoms with Crippen LogP contribution in [0.1, 0.15) is 42.2 Å². The maximum Gasteiger partial charge on any atom is 0.303 e. The van der Waals surface area contributed by atoms with Crippen molar-refractivity contribution in [3.8, 4) is 0 Å². The molecule has 5 nitrogen and oxygen atoms in total. The van der Waals surface area contributed by atoms with Gasteiger partial charge in [0, 0.05) is 30.8 Å². The molecule has 1 amide bonds. The number of carbonyl (C=O) groups is 2. The predicted molar refractivity (Wildman–Crippen MR) is 79.5 cm³/mol. The molecular formula is C15H19ClN2O3. The van der Waals surface area contributed by atoms with E-state index < -0.39 is 5.97 Å². The summed E-state index contributed by atoms with van der Waals surface area (Å²) in [5, 5.41) is 9.05. The smallest absolute Gasteiger partial charge is 0.303 e. The van der Waals surface area contributed by atoms with Gasteiger partial charge >= 0.3 is 5.97 Å². The van der Waals surface area contributed by atoms with Crippen LogP contribution in [-0.4, -0.2) is 40.0 Å². The first kappa shape index (κ1) is 15.8. The summed E-state index contributed by atoms with van der Waals surface area (Å²) in [5.74, 6) is -0.562. The first-order chi connectivity index (χ1) is 9.99. The Kier molecular flexibility index (Phi) is 5.17. The molecule has 6 heteroatoms. The lowest BCUT2D eigenvalue weighted by molar-refractivity contribution is -0.137. The van der Waals surface area contributed by atoms with E-state index in [9.17, 15) is 9.59 Å². The van der Waals surface area contributed by atoms with Crippen molar-refractivity contribution >= 4 is 23.5 Å². The number of amides is 1. The second kappa shape index (κ2) is 6.89. The molecule has 0 aliphatic carbocycles. The van der Waals surface area contributed by atoms with Gasteiger partial charge < -0.3 is 10.0 Å². The fourth-order valence-corrected chi connectivity index (χ4v) is 2.84. The van der Waals surface area contributed by atoms with Crippen LogP contribution >= 0.6 is 11.6 Å². The number of hydrogen-bond donors (Lipinski definition) is 1. The topological polar surface area (TPSA) is 70.5 Å². The van der Waals surface area contributed by atoms with Crippen LogP contribution in [0, 0.1) is 5.92 Å². The first-order valence-electron chi connectivity index (χ1n) is 7.17. The molecule has 0 aromatic carbocycles. The fraction of sp³-hybridized carbons (Fsp3) is 0.533. The Bertz CT molecular complexity index is 548. The number of aryl methyl sites for hydroxylation is 1. The van der Waals surface area contributed by atoms with Gasteiger partial charge in [-0.2, -0.15) is 0 Å². The van der Waals surface area contributed by atoms with E-state index in [0.717, 1.165) is 18.5 Å². The van der Waals surface area contributed by atoms with Gasteiger partial charge in [-0.3, -0.25) is 9.59 Å². The van der Waals surface area contributed by atoms with Gasteiger partial charge in [0.1, 0.15) is 5.15 Å². The largest absolute Gasteiger partial charge is 0.481 e. The van der Waals surface area contributed by atoms with Crippen molar-refractivity contribution in [2.24, 2.45) is 5.92 Å². The summed E-state index contributed by atoms with van der Waals surface area (Å²) in [6, 6.07) is 3.37. The summed E-state index contributed by atoms with van der Waals surface area (Å²) in [7, 11) is 0. The van der Waals surface area contributed by atoms with Crippen LogP contribution in [-0.2, 0) is 11.2 Å². The molecule has 1 aromatic rings. The predicted octanol–water partition coefficient (Wildman–Crippen LogP) is 2.62. The van der Waals surface area contributed by atoms with Gasteiger partial charge in [-0.15, -0.1) is 0 Å². The lowest BCUT2D eigenvalue weighted by Crippen LogP contribution is -2.29. The molecule has 21 heavy (non-hydrogen) atoms. The highest BCUT2D eigenvalue weighted by molar-refractivity contribution is 6.29. The number of rotatable bonds is 5. The van der Waals surface area contributed by atoms with Gasteiger partial charge in [0.05, 0.1) is 0 Å². The molecule has 0 spiro atoms. The zero-order valence-corrected chi connectivity index (χ0v) is 12.8. The summed E-state index contributed by atoms with van der Waals surface area (Å²) >= 11 is 5.95.